The lowest BCUT2D eigenvalue weighted by atomic mass is 10.2. The molecule has 0 aliphatic carbocycles. The Morgan fingerprint density at radius 3 is 0.624 bits per heavy atom. The highest BCUT2D eigenvalue weighted by Crippen LogP contribution is 2.26. The van der Waals surface area contributed by atoms with Gasteiger partial charge in [-0.1, -0.05) is 72.8 Å². The van der Waals surface area contributed by atoms with E-state index in [0.717, 1.165) is 33.4 Å². The van der Waals surface area contributed by atoms with Gasteiger partial charge in [0.25, 0.3) is 0 Å². The number of alkyl carbamates (subject to hydrolysis) is 4. The number of hydrogen-bond acceptors (Lipinski definition) is 25. The Balaban J connectivity index is 0.815. The van der Waals surface area contributed by atoms with Gasteiger partial charge in [0.05, 0.1) is 0 Å². The number of ether oxygens (including phenoxy) is 4. The summed E-state index contributed by atoms with van der Waals surface area (Å²) in [6.45, 7) is 23.5. The van der Waals surface area contributed by atoms with Crippen LogP contribution in [0.1, 0.15) is 116 Å². The number of aromatic nitrogens is 9. The molecule has 0 aliphatic rings. The molecule has 29 nitrogen and oxygen atoms in total. The zero-order valence-electron chi connectivity index (χ0n) is 58.3. The minimum atomic E-state index is -0.618. The van der Waals surface area contributed by atoms with E-state index in [1.165, 1.54) is 0 Å². The summed E-state index contributed by atoms with van der Waals surface area (Å²) in [5.41, 5.74) is 6.88. The van der Waals surface area contributed by atoms with Crippen molar-refractivity contribution in [3.8, 4) is 0 Å². The summed E-state index contributed by atoms with van der Waals surface area (Å²) in [4.78, 5) is 90.4. The Morgan fingerprint density at radius 1 is 0.267 bits per heavy atom. The van der Waals surface area contributed by atoms with Crippen molar-refractivity contribution >= 4 is 118 Å². The predicted octanol–water partition coefficient (Wildman–Crippen LogP) is 14.7. The lowest BCUT2D eigenvalue weighted by molar-refractivity contribution is 0.0512. The number of carbonyl (C=O) groups excluding carboxylic acids is 4. The topological polar surface area (TPSA) is 366 Å². The fourth-order valence-electron chi connectivity index (χ4n) is 8.92. The molecule has 9 aromatic rings. The zero-order chi connectivity index (χ0) is 72.3. The van der Waals surface area contributed by atoms with Crippen molar-refractivity contribution < 1.29 is 38.1 Å². The van der Waals surface area contributed by atoms with Crippen molar-refractivity contribution in [1.82, 2.24) is 66.1 Å². The first kappa shape index (κ1) is 73.4. The van der Waals surface area contributed by atoms with Crippen LogP contribution in [0.25, 0.3) is 0 Å². The van der Waals surface area contributed by atoms with Gasteiger partial charge in [-0.2, -0.15) is 44.9 Å². The summed E-state index contributed by atoms with van der Waals surface area (Å²) in [5.74, 6) is 1.99. The Hall–Kier alpha value is -11.9. The summed E-state index contributed by atoms with van der Waals surface area (Å²) in [6.07, 6.45) is -2.04. The van der Waals surface area contributed by atoms with Gasteiger partial charge in [0.15, 0.2) is 0 Å². The minimum absolute atomic E-state index is 0.0322. The van der Waals surface area contributed by atoms with E-state index in [1.807, 2.05) is 229 Å². The van der Waals surface area contributed by atoms with Crippen LogP contribution in [-0.4, -0.2) is 91.6 Å². The molecule has 9 rings (SSSR count). The quantitative estimate of drug-likeness (QED) is 0.0224. The lowest BCUT2D eigenvalue weighted by Crippen LogP contribution is -2.32. The highest BCUT2D eigenvalue weighted by Gasteiger charge is 2.21. The monoisotopic (exact) mass is 1390 g/mol. The summed E-state index contributed by atoms with van der Waals surface area (Å²) in [7, 11) is 0. The molecule has 0 saturated heterocycles. The molecule has 3 heterocycles. The molecule has 3 aromatic heterocycles. The lowest BCUT2D eigenvalue weighted by Gasteiger charge is -2.19. The zero-order valence-corrected chi connectivity index (χ0v) is 59.0. The van der Waals surface area contributed by atoms with Crippen LogP contribution in [0.2, 0.25) is 5.28 Å². The van der Waals surface area contributed by atoms with Crippen molar-refractivity contribution in [3.63, 3.8) is 0 Å². The van der Waals surface area contributed by atoms with Gasteiger partial charge in [-0.25, -0.2) is 19.2 Å². The smallest absolute Gasteiger partial charge is 0.407 e. The number of anilines is 14. The Bertz CT molecular complexity index is 3800. The molecule has 101 heavy (non-hydrogen) atoms. The molecule has 0 atom stereocenters. The second-order valence-corrected chi connectivity index (χ2v) is 27.3. The van der Waals surface area contributed by atoms with Crippen molar-refractivity contribution in [1.29, 1.82) is 0 Å². The van der Waals surface area contributed by atoms with Crippen LogP contribution in [0.3, 0.4) is 0 Å². The summed E-state index contributed by atoms with van der Waals surface area (Å²) in [5, 5.41) is 37.2. The molecular weight excluding hydrogens is 1310 g/mol. The maximum Gasteiger partial charge on any atom is 0.407 e. The van der Waals surface area contributed by atoms with Crippen LogP contribution in [0.4, 0.5) is 101 Å². The third-order valence-electron chi connectivity index (χ3n) is 13.4. The van der Waals surface area contributed by atoms with E-state index in [1.54, 1.807) is 0 Å². The van der Waals surface area contributed by atoms with E-state index in [-0.39, 0.29) is 79.0 Å². The third-order valence-corrected chi connectivity index (χ3v) is 13.6. The number of amides is 4. The van der Waals surface area contributed by atoms with Crippen LogP contribution < -0.4 is 63.8 Å². The van der Waals surface area contributed by atoms with E-state index in [0.29, 0.717) is 47.2 Å². The molecular formula is C71H84ClN21O8. The normalized spacial score (nSPS) is 11.4. The summed E-state index contributed by atoms with van der Waals surface area (Å²) < 4.78 is 21.5. The molecule has 528 valence electrons. The number of rotatable bonds is 26. The molecule has 6 aromatic carbocycles. The Labute approximate surface area is 590 Å². The average Bonchev–Trinajstić information content (AvgIpc) is 0.847. The molecule has 0 unspecified atom stereocenters. The highest BCUT2D eigenvalue weighted by atomic mass is 35.5. The molecule has 0 saturated carbocycles. The largest absolute Gasteiger partial charge is 0.444 e. The third kappa shape index (κ3) is 26.1. The summed E-state index contributed by atoms with van der Waals surface area (Å²) in [6, 6.07) is 45.0. The first-order chi connectivity index (χ1) is 47.9. The van der Waals surface area contributed by atoms with Crippen LogP contribution in [-0.2, 0) is 58.2 Å². The van der Waals surface area contributed by atoms with Crippen molar-refractivity contribution in [2.45, 2.75) is 145 Å². The fourth-order valence-corrected chi connectivity index (χ4v) is 9.08. The number of hydrogen-bond donors (Lipinski definition) is 12. The fraction of sp³-hybridized carbons (Fsp3) is 0.310. The van der Waals surface area contributed by atoms with E-state index < -0.39 is 46.8 Å². The standard InChI is InChI=1S/C71H84ClN21O8/c1-68(2,3)98-64(94)75-39-45-17-29-51(30-18-45)81-60-87-56(88-61(92-60)82-52-31-19-46(20-32-52)40-76-65(95)99-69(4,5)6)73-37-43-13-25-49(26-14-43)79-58-85-55(72)86-59(91-58)80-50-27-15-44(16-28-50)38-74-57-89-62(83-53-33-21-47(22-34-53)41-77-66(96)100-70(7,8)9)93-63(90-57)84-54-35-23-48(24-36-54)42-78-67(97)101-71(10,11)12/h13-36H,37-42H2,1-12H3,(H,75,94)(H,76,95)(H,77,96)(H,78,97)(H2,79,80,85,86,91)(H3,73,81,82,87,88,92)(H3,74,83,84,89,90,93). The van der Waals surface area contributed by atoms with Gasteiger partial charge < -0.3 is 82.7 Å². The van der Waals surface area contributed by atoms with Gasteiger partial charge in [0.2, 0.25) is 52.9 Å². The molecule has 0 radical (unpaired) electrons. The van der Waals surface area contributed by atoms with Gasteiger partial charge in [-0.15, -0.1) is 0 Å². The van der Waals surface area contributed by atoms with E-state index in [4.69, 9.17) is 30.5 Å². The van der Waals surface area contributed by atoms with E-state index >= 15 is 0 Å². The second kappa shape index (κ2) is 33.1. The second-order valence-electron chi connectivity index (χ2n) is 26.9. The maximum atomic E-state index is 12.3. The Kier molecular flexibility index (Phi) is 24.1. The molecule has 0 fully saturated rings. The number of benzene rings is 6. The highest BCUT2D eigenvalue weighted by molar-refractivity contribution is 6.28. The van der Waals surface area contributed by atoms with Gasteiger partial charge in [0.1, 0.15) is 22.4 Å². The Morgan fingerprint density at radius 2 is 0.436 bits per heavy atom. The van der Waals surface area contributed by atoms with Gasteiger partial charge in [-0.3, -0.25) is 0 Å². The molecule has 12 N–H and O–H groups in total. The number of nitrogens with one attached hydrogen (secondary N) is 12. The maximum absolute atomic E-state index is 12.3. The van der Waals surface area contributed by atoms with E-state index in [2.05, 4.69) is 109 Å². The van der Waals surface area contributed by atoms with Gasteiger partial charge in [0, 0.05) is 73.4 Å². The van der Waals surface area contributed by atoms with Crippen LogP contribution >= 0.6 is 11.6 Å². The molecule has 0 spiro atoms. The van der Waals surface area contributed by atoms with Crippen molar-refractivity contribution in [2.75, 3.05) is 42.5 Å². The SMILES string of the molecule is CC(C)(C)OC(=O)NCc1ccc(Nc2nc(NCc3ccc(Nc4nc(Cl)nc(Nc5ccc(CNc6nc(Nc7ccc(CNC(=O)OC(C)(C)C)cc7)nc(Nc7ccc(CNC(=O)OC(C)(C)C)cc7)n6)cc5)n4)cc3)nc(Nc3ccc(CNC(=O)OC(C)(C)C)cc3)n2)cc1. The van der Waals surface area contributed by atoms with Crippen LogP contribution in [0, 0.1) is 0 Å². The van der Waals surface area contributed by atoms with Crippen molar-refractivity contribution in [2.24, 2.45) is 0 Å². The molecule has 0 bridgehead atoms. The minimum Gasteiger partial charge on any atom is -0.444 e. The first-order valence-electron chi connectivity index (χ1n) is 32.3. The predicted molar refractivity (Wildman–Crippen MR) is 390 cm³/mol. The van der Waals surface area contributed by atoms with Gasteiger partial charge >= 0.3 is 24.4 Å². The number of carbonyl (C=O) groups is 4. The molecule has 0 aliphatic heterocycles. The molecule has 4 amide bonds. The first-order valence-corrected chi connectivity index (χ1v) is 32.7. The van der Waals surface area contributed by atoms with Gasteiger partial charge in [-0.05, 0) is 201 Å². The van der Waals surface area contributed by atoms with Crippen LogP contribution in [0.15, 0.2) is 146 Å². The molecule has 30 heteroatoms. The van der Waals surface area contributed by atoms with E-state index in [9.17, 15) is 19.2 Å². The summed E-state index contributed by atoms with van der Waals surface area (Å²) >= 11 is 6.46. The van der Waals surface area contributed by atoms with Crippen molar-refractivity contribution in [3.05, 3.63) is 184 Å². The average molecular weight is 1400 g/mol. The number of halogens is 1. The van der Waals surface area contributed by atoms with Crippen LogP contribution in [0.5, 0.6) is 0 Å². The number of nitrogens with zero attached hydrogens (tertiary/aromatic N) is 9.